The molecule has 1 saturated heterocycles. The van der Waals surface area contributed by atoms with E-state index in [2.05, 4.69) is 26.0 Å². The van der Waals surface area contributed by atoms with Crippen molar-refractivity contribution in [2.24, 2.45) is 5.92 Å². The van der Waals surface area contributed by atoms with Crippen LogP contribution in [0.1, 0.15) is 30.7 Å². The maximum atomic E-state index is 11.9. The molecular formula is C25H27ClN4O2. The monoisotopic (exact) mass is 450 g/mol. The van der Waals surface area contributed by atoms with Crippen molar-refractivity contribution in [3.8, 4) is 5.75 Å². The van der Waals surface area contributed by atoms with Crippen molar-refractivity contribution >= 4 is 34.6 Å². The molecule has 5 rings (SSSR count). The maximum Gasteiger partial charge on any atom is 0.228 e. The minimum atomic E-state index is 0.154. The van der Waals surface area contributed by atoms with Crippen LogP contribution >= 0.6 is 11.6 Å². The molecule has 0 spiro atoms. The first kappa shape index (κ1) is 21.1. The molecule has 2 aromatic carbocycles. The quantitative estimate of drug-likeness (QED) is 0.480. The summed E-state index contributed by atoms with van der Waals surface area (Å²) in [6, 6.07) is 11.8. The predicted octanol–water partition coefficient (Wildman–Crippen LogP) is 4.93. The standard InChI is InChI=1S/C25H27ClN4O2/c1-27-21-5-4-6-23(24(21)26)30-12-10-29(11-13-30)9-2-3-14-32-17-7-8-18-19-16-20(19)25(31)28-22(18)15-17/h4-8,15,19-20H,2-3,9-14,16H2,(H,28,31). The molecule has 2 heterocycles. The van der Waals surface area contributed by atoms with Crippen molar-refractivity contribution in [3.63, 3.8) is 0 Å². The van der Waals surface area contributed by atoms with E-state index in [1.54, 1.807) is 6.07 Å². The Bertz CT molecular complexity index is 1060. The fourth-order valence-corrected chi connectivity index (χ4v) is 5.08. The van der Waals surface area contributed by atoms with E-state index in [4.69, 9.17) is 22.9 Å². The third-order valence-corrected chi connectivity index (χ3v) is 7.13. The second-order valence-electron chi connectivity index (χ2n) is 8.79. The molecule has 0 radical (unpaired) electrons. The number of amides is 1. The normalized spacial score (nSPS) is 21.9. The lowest BCUT2D eigenvalue weighted by atomic mass is 10.0. The molecule has 2 aliphatic heterocycles. The third-order valence-electron chi connectivity index (χ3n) is 6.74. The average Bonchev–Trinajstić information content (AvgIpc) is 3.61. The number of nitrogens with one attached hydrogen (secondary N) is 1. The maximum absolute atomic E-state index is 11.9. The molecule has 166 valence electrons. The Morgan fingerprint density at radius 1 is 1.12 bits per heavy atom. The van der Waals surface area contributed by atoms with Crippen molar-refractivity contribution in [1.29, 1.82) is 0 Å². The Morgan fingerprint density at radius 3 is 2.78 bits per heavy atom. The number of piperazine rings is 1. The highest BCUT2D eigenvalue weighted by Crippen LogP contribution is 2.53. The number of anilines is 2. The zero-order valence-corrected chi connectivity index (χ0v) is 18.8. The summed E-state index contributed by atoms with van der Waals surface area (Å²) in [7, 11) is 0. The number of ether oxygens (including phenoxy) is 1. The van der Waals surface area contributed by atoms with Crippen LogP contribution in [-0.2, 0) is 4.79 Å². The summed E-state index contributed by atoms with van der Waals surface area (Å²) < 4.78 is 5.94. The van der Waals surface area contributed by atoms with Gasteiger partial charge in [-0.25, -0.2) is 4.85 Å². The molecule has 0 aromatic heterocycles. The van der Waals surface area contributed by atoms with Crippen molar-refractivity contribution in [1.82, 2.24) is 4.90 Å². The number of halogens is 1. The molecule has 32 heavy (non-hydrogen) atoms. The number of benzene rings is 2. The number of fused-ring (bicyclic) bond motifs is 3. The number of rotatable bonds is 7. The van der Waals surface area contributed by atoms with Gasteiger partial charge >= 0.3 is 0 Å². The number of carbonyl (C=O) groups is 1. The molecule has 2 atom stereocenters. The molecule has 1 aliphatic carbocycles. The molecule has 1 saturated carbocycles. The van der Waals surface area contributed by atoms with Gasteiger partial charge in [0.1, 0.15) is 5.75 Å². The minimum absolute atomic E-state index is 0.154. The van der Waals surface area contributed by atoms with Crippen LogP contribution in [0.25, 0.3) is 4.85 Å². The van der Waals surface area contributed by atoms with Gasteiger partial charge < -0.3 is 15.0 Å². The van der Waals surface area contributed by atoms with E-state index < -0.39 is 0 Å². The van der Waals surface area contributed by atoms with E-state index in [-0.39, 0.29) is 11.8 Å². The zero-order chi connectivity index (χ0) is 22.1. The highest BCUT2D eigenvalue weighted by atomic mass is 35.5. The van der Waals surface area contributed by atoms with Crippen LogP contribution < -0.4 is 15.0 Å². The average molecular weight is 451 g/mol. The highest BCUT2D eigenvalue weighted by Gasteiger charge is 2.48. The highest BCUT2D eigenvalue weighted by molar-refractivity contribution is 6.36. The predicted molar refractivity (Wildman–Crippen MR) is 127 cm³/mol. The van der Waals surface area contributed by atoms with Crippen LogP contribution in [-0.4, -0.2) is 50.1 Å². The van der Waals surface area contributed by atoms with E-state index in [9.17, 15) is 4.79 Å². The Hall–Kier alpha value is -2.75. The van der Waals surface area contributed by atoms with Crippen LogP contribution in [0, 0.1) is 12.5 Å². The molecule has 2 fully saturated rings. The Labute approximate surface area is 193 Å². The van der Waals surface area contributed by atoms with Crippen molar-refractivity contribution in [3.05, 3.63) is 58.4 Å². The van der Waals surface area contributed by atoms with Crippen LogP contribution in [0.2, 0.25) is 5.02 Å². The SMILES string of the molecule is [C-]#[N+]c1cccc(N2CCN(CCCCOc3ccc4c(c3)NC(=O)C3CC43)CC2)c1Cl. The first-order chi connectivity index (χ1) is 15.6. The van der Waals surface area contributed by atoms with E-state index in [0.717, 1.165) is 69.1 Å². The number of nitrogens with zero attached hydrogens (tertiary/aromatic N) is 3. The van der Waals surface area contributed by atoms with E-state index in [1.165, 1.54) is 5.56 Å². The molecule has 3 aliphatic rings. The lowest BCUT2D eigenvalue weighted by molar-refractivity contribution is -0.117. The van der Waals surface area contributed by atoms with Gasteiger partial charge in [0.25, 0.3) is 0 Å². The van der Waals surface area contributed by atoms with Crippen molar-refractivity contribution < 1.29 is 9.53 Å². The topological polar surface area (TPSA) is 49.2 Å². The summed E-state index contributed by atoms with van der Waals surface area (Å²) >= 11 is 6.40. The van der Waals surface area contributed by atoms with Gasteiger partial charge in [0, 0.05) is 49.5 Å². The van der Waals surface area contributed by atoms with Crippen LogP contribution in [0.15, 0.2) is 36.4 Å². The molecule has 2 aromatic rings. The molecule has 7 heteroatoms. The zero-order valence-electron chi connectivity index (χ0n) is 18.0. The fraction of sp³-hybridized carbons (Fsp3) is 0.440. The second kappa shape index (κ2) is 9.01. The Kier molecular flexibility index (Phi) is 5.95. The summed E-state index contributed by atoms with van der Waals surface area (Å²) in [6.45, 7) is 12.8. The summed E-state index contributed by atoms with van der Waals surface area (Å²) in [5, 5.41) is 3.57. The van der Waals surface area contributed by atoms with Gasteiger partial charge in [0.05, 0.1) is 18.2 Å². The molecule has 1 amide bonds. The van der Waals surface area contributed by atoms with Crippen molar-refractivity contribution in [2.45, 2.75) is 25.2 Å². The van der Waals surface area contributed by atoms with Gasteiger partial charge in [-0.3, -0.25) is 9.69 Å². The molecular weight excluding hydrogens is 424 g/mol. The van der Waals surface area contributed by atoms with Gasteiger partial charge in [0.2, 0.25) is 11.6 Å². The van der Waals surface area contributed by atoms with Crippen LogP contribution in [0.3, 0.4) is 0 Å². The minimum Gasteiger partial charge on any atom is -0.494 e. The van der Waals surface area contributed by atoms with Gasteiger partial charge in [-0.1, -0.05) is 29.8 Å². The largest absolute Gasteiger partial charge is 0.494 e. The third kappa shape index (κ3) is 4.28. The summed E-state index contributed by atoms with van der Waals surface area (Å²) in [5.74, 6) is 1.59. The number of carbonyl (C=O) groups excluding carboxylic acids is 1. The van der Waals surface area contributed by atoms with Gasteiger partial charge in [-0.05, 0) is 49.4 Å². The van der Waals surface area contributed by atoms with Gasteiger partial charge in [0.15, 0.2) is 0 Å². The van der Waals surface area contributed by atoms with E-state index in [1.807, 2.05) is 24.3 Å². The van der Waals surface area contributed by atoms with Crippen LogP contribution in [0.5, 0.6) is 5.75 Å². The first-order valence-electron chi connectivity index (χ1n) is 11.3. The lowest BCUT2D eigenvalue weighted by Crippen LogP contribution is -2.46. The first-order valence-corrected chi connectivity index (χ1v) is 11.7. The molecule has 0 bridgehead atoms. The van der Waals surface area contributed by atoms with Crippen molar-refractivity contribution in [2.75, 3.05) is 49.5 Å². The van der Waals surface area contributed by atoms with Gasteiger partial charge in [-0.2, -0.15) is 0 Å². The van der Waals surface area contributed by atoms with Crippen LogP contribution in [0.4, 0.5) is 17.1 Å². The van der Waals surface area contributed by atoms with E-state index in [0.29, 0.717) is 23.2 Å². The molecule has 2 unspecified atom stereocenters. The summed E-state index contributed by atoms with van der Waals surface area (Å²) in [6.07, 6.45) is 3.06. The molecule has 1 N–H and O–H groups in total. The number of hydrogen-bond donors (Lipinski definition) is 1. The Balaban J connectivity index is 1.03. The number of hydrogen-bond acceptors (Lipinski definition) is 4. The van der Waals surface area contributed by atoms with Gasteiger partial charge in [-0.15, -0.1) is 0 Å². The smallest absolute Gasteiger partial charge is 0.228 e. The fourth-order valence-electron chi connectivity index (χ4n) is 4.79. The number of unbranched alkanes of at least 4 members (excludes halogenated alkanes) is 1. The van der Waals surface area contributed by atoms with E-state index >= 15 is 0 Å². The second-order valence-corrected chi connectivity index (χ2v) is 9.17. The Morgan fingerprint density at radius 2 is 1.97 bits per heavy atom. The lowest BCUT2D eigenvalue weighted by Gasteiger charge is -2.36. The molecule has 6 nitrogen and oxygen atoms in total. The summed E-state index contributed by atoms with van der Waals surface area (Å²) in [5.41, 5.74) is 3.66. The summed E-state index contributed by atoms with van der Waals surface area (Å²) in [4.78, 5) is 20.2.